The number of hydrogen-bond acceptors (Lipinski definition) is 1. The molecule has 0 spiro atoms. The zero-order chi connectivity index (χ0) is 26.2. The normalized spacial score (nSPS) is 20.0. The van der Waals surface area contributed by atoms with Gasteiger partial charge < -0.3 is 4.74 Å². The average Bonchev–Trinajstić information content (AvgIpc) is 3.09. The molecule has 1 aliphatic rings. The van der Waals surface area contributed by atoms with Crippen molar-refractivity contribution in [2.75, 3.05) is 0 Å². The predicted octanol–water partition coefficient (Wildman–Crippen LogP) is 10.5. The van der Waals surface area contributed by atoms with E-state index in [1.807, 2.05) is 6.92 Å². The molecule has 1 saturated heterocycles. The van der Waals surface area contributed by atoms with Crippen molar-refractivity contribution in [2.45, 2.75) is 87.5 Å². The maximum absolute atomic E-state index is 6.33. The van der Waals surface area contributed by atoms with E-state index in [9.17, 15) is 0 Å². The van der Waals surface area contributed by atoms with Gasteiger partial charge in [-0.25, -0.2) is 0 Å². The van der Waals surface area contributed by atoms with E-state index in [4.69, 9.17) is 4.74 Å². The first-order chi connectivity index (χ1) is 16.5. The summed E-state index contributed by atoms with van der Waals surface area (Å²) in [4.78, 5) is 0. The van der Waals surface area contributed by atoms with Crippen molar-refractivity contribution in [3.63, 3.8) is 0 Å². The highest BCUT2D eigenvalue weighted by molar-refractivity contribution is 5.84. The largest absolute Gasteiger partial charge is 0.466 e. The first-order valence-electron chi connectivity index (χ1n) is 13.4. The van der Waals surface area contributed by atoms with E-state index in [-0.39, 0.29) is 17.3 Å². The van der Waals surface area contributed by atoms with E-state index in [0.717, 1.165) is 30.8 Å². The molecule has 0 N–H and O–H groups in total. The van der Waals surface area contributed by atoms with Gasteiger partial charge in [-0.05, 0) is 72.4 Å². The maximum atomic E-state index is 6.33. The van der Waals surface area contributed by atoms with Gasteiger partial charge in [-0.3, -0.25) is 0 Å². The second-order valence-electron chi connectivity index (χ2n) is 11.1. The minimum atomic E-state index is 0.0661. The second kappa shape index (κ2) is 13.0. The third-order valence-electron chi connectivity index (χ3n) is 6.67. The summed E-state index contributed by atoms with van der Waals surface area (Å²) < 4.78 is 6.33. The third kappa shape index (κ3) is 7.99. The summed E-state index contributed by atoms with van der Waals surface area (Å²) in [5.41, 5.74) is 4.23. The van der Waals surface area contributed by atoms with Gasteiger partial charge in [0.1, 0.15) is 11.5 Å². The van der Waals surface area contributed by atoms with Crippen LogP contribution in [-0.4, -0.2) is 0 Å². The Morgan fingerprint density at radius 3 is 2.20 bits per heavy atom. The number of rotatable bonds is 6. The van der Waals surface area contributed by atoms with E-state index in [1.165, 1.54) is 27.5 Å². The lowest BCUT2D eigenvalue weighted by molar-refractivity contribution is 0.316. The van der Waals surface area contributed by atoms with Crippen molar-refractivity contribution in [2.24, 2.45) is 17.3 Å². The van der Waals surface area contributed by atoms with Crippen LogP contribution in [-0.2, 0) is 11.2 Å². The van der Waals surface area contributed by atoms with Gasteiger partial charge in [0.05, 0.1) is 5.92 Å². The maximum Gasteiger partial charge on any atom is 0.105 e. The monoisotopic (exact) mass is 472 g/mol. The lowest BCUT2D eigenvalue weighted by Crippen LogP contribution is -2.13. The zero-order valence-electron chi connectivity index (χ0n) is 23.7. The van der Waals surface area contributed by atoms with Gasteiger partial charge >= 0.3 is 0 Å². The van der Waals surface area contributed by atoms with E-state index < -0.39 is 0 Å². The number of benzene rings is 2. The van der Waals surface area contributed by atoms with Crippen molar-refractivity contribution in [3.8, 4) is 0 Å². The summed E-state index contributed by atoms with van der Waals surface area (Å²) in [6.45, 7) is 24.1. The van der Waals surface area contributed by atoms with E-state index in [1.54, 1.807) is 0 Å². The molecule has 1 aliphatic heterocycles. The van der Waals surface area contributed by atoms with Crippen molar-refractivity contribution in [1.29, 1.82) is 0 Å². The molecule has 3 rings (SSSR count). The molecule has 0 radical (unpaired) electrons. The number of hydrogen-bond donors (Lipinski definition) is 0. The van der Waals surface area contributed by atoms with E-state index in [0.29, 0.717) is 5.92 Å². The van der Waals surface area contributed by atoms with E-state index in [2.05, 4.69) is 123 Å². The Hall–Kier alpha value is -2.54. The number of fused-ring (bicyclic) bond motifs is 1. The first-order valence-corrected chi connectivity index (χ1v) is 13.4. The number of allylic oxidation sites excluding steroid dienone is 7. The zero-order valence-corrected chi connectivity index (χ0v) is 23.7. The first kappa shape index (κ1) is 28.7. The molecule has 35 heavy (non-hydrogen) atoms. The molecule has 0 bridgehead atoms. The third-order valence-corrected chi connectivity index (χ3v) is 6.67. The van der Waals surface area contributed by atoms with Gasteiger partial charge in [0.15, 0.2) is 0 Å². The Morgan fingerprint density at radius 2 is 1.69 bits per heavy atom. The van der Waals surface area contributed by atoms with Crippen molar-refractivity contribution >= 4 is 10.8 Å². The van der Waals surface area contributed by atoms with Gasteiger partial charge in [-0.1, -0.05) is 115 Å². The summed E-state index contributed by atoms with van der Waals surface area (Å²) in [7, 11) is 0. The Morgan fingerprint density at radius 1 is 1.03 bits per heavy atom. The molecule has 0 saturated carbocycles. The highest BCUT2D eigenvalue weighted by atomic mass is 16.5. The topological polar surface area (TPSA) is 9.23 Å². The molecule has 0 aliphatic carbocycles. The van der Waals surface area contributed by atoms with Crippen molar-refractivity contribution < 1.29 is 4.74 Å². The second-order valence-corrected chi connectivity index (χ2v) is 11.1. The lowest BCUT2D eigenvalue weighted by Gasteiger charge is -2.23. The van der Waals surface area contributed by atoms with Crippen LogP contribution in [0.5, 0.6) is 0 Å². The fraction of sp³-hybridized carbons (Fsp3) is 0.471. The van der Waals surface area contributed by atoms with Crippen LogP contribution in [0.1, 0.15) is 92.2 Å². The number of aryl methyl sites for hydroxylation is 1. The molecule has 1 heterocycles. The molecule has 190 valence electrons. The minimum Gasteiger partial charge on any atom is -0.466 e. The molecule has 2 unspecified atom stereocenters. The van der Waals surface area contributed by atoms with Crippen LogP contribution in [0.25, 0.3) is 10.8 Å². The highest BCUT2D eigenvalue weighted by Gasteiger charge is 2.39. The Labute approximate surface area is 215 Å². The molecule has 0 amide bonds. The molecule has 1 fully saturated rings. The standard InChI is InChI=1S/C29H38O.C5H10/c1-9-21-11-12-24-16-25(14-13-23(24)15-21)28-20(5)30-27(18-29(6,7)8)26(28)17-22(10-2)19(3)4;1-3-5-4-2/h10-16,18-19,26,28H,5,9,17H2,1-4,6-8H3;3,5H,4H2,1-2H3/b22-10+,27-18-;5-3-. The summed E-state index contributed by atoms with van der Waals surface area (Å²) in [5, 5.41) is 2.60. The lowest BCUT2D eigenvalue weighted by atomic mass is 9.78. The summed E-state index contributed by atoms with van der Waals surface area (Å²) >= 11 is 0. The van der Waals surface area contributed by atoms with Crippen LogP contribution in [0.3, 0.4) is 0 Å². The Kier molecular flexibility index (Phi) is 10.6. The average molecular weight is 473 g/mol. The summed E-state index contributed by atoms with van der Waals surface area (Å²) in [6, 6.07) is 13.7. The Bertz CT molecular complexity index is 1070. The van der Waals surface area contributed by atoms with Gasteiger partial charge in [0.25, 0.3) is 0 Å². The molecular formula is C34H48O. The van der Waals surface area contributed by atoms with Crippen LogP contribution in [0.2, 0.25) is 0 Å². The highest BCUT2D eigenvalue weighted by Crippen LogP contribution is 2.49. The van der Waals surface area contributed by atoms with Gasteiger partial charge in [0, 0.05) is 5.92 Å². The predicted molar refractivity (Wildman–Crippen MR) is 156 cm³/mol. The van der Waals surface area contributed by atoms with Crippen molar-refractivity contribution in [1.82, 2.24) is 0 Å². The van der Waals surface area contributed by atoms with Crippen LogP contribution in [0.4, 0.5) is 0 Å². The van der Waals surface area contributed by atoms with Gasteiger partial charge in [-0.2, -0.15) is 0 Å². The van der Waals surface area contributed by atoms with Gasteiger partial charge in [0.2, 0.25) is 0 Å². The molecule has 1 nitrogen and oxygen atoms in total. The molecule has 2 aromatic carbocycles. The Balaban J connectivity index is 0.000000784. The summed E-state index contributed by atoms with van der Waals surface area (Å²) in [5.74, 6) is 2.96. The molecule has 1 heteroatoms. The molecule has 2 atom stereocenters. The number of ether oxygens (including phenoxy) is 1. The summed E-state index contributed by atoms with van der Waals surface area (Å²) in [6.07, 6.45) is 12.0. The van der Waals surface area contributed by atoms with Crippen LogP contribution in [0.15, 0.2) is 84.4 Å². The van der Waals surface area contributed by atoms with Gasteiger partial charge in [-0.15, -0.1) is 0 Å². The van der Waals surface area contributed by atoms with Crippen LogP contribution < -0.4 is 0 Å². The fourth-order valence-corrected chi connectivity index (χ4v) is 4.78. The quantitative estimate of drug-likeness (QED) is 0.380. The smallest absolute Gasteiger partial charge is 0.105 e. The van der Waals surface area contributed by atoms with Crippen LogP contribution >= 0.6 is 0 Å². The molecular weight excluding hydrogens is 424 g/mol. The molecule has 0 aromatic heterocycles. The van der Waals surface area contributed by atoms with Crippen molar-refractivity contribution in [3.05, 3.63) is 95.5 Å². The fourth-order valence-electron chi connectivity index (χ4n) is 4.78. The molecule has 2 aromatic rings. The SMILES string of the molecule is C/C=C\CC.C=C1O/C(=C\C(C)(C)C)C(C/C(=C\C)C(C)C)C1c1ccc2cc(CC)ccc2c1. The van der Waals surface area contributed by atoms with Crippen LogP contribution in [0, 0.1) is 17.3 Å². The van der Waals surface area contributed by atoms with E-state index >= 15 is 0 Å². The minimum absolute atomic E-state index is 0.0661.